The van der Waals surface area contributed by atoms with Gasteiger partial charge in [-0.15, -0.1) is 0 Å². The Morgan fingerprint density at radius 3 is 2.57 bits per heavy atom. The molecule has 0 aromatic carbocycles. The highest BCUT2D eigenvalue weighted by atomic mass is 16.4. The van der Waals surface area contributed by atoms with Crippen molar-refractivity contribution < 1.29 is 15.0 Å². The summed E-state index contributed by atoms with van der Waals surface area (Å²) in [7, 11) is 0. The minimum absolute atomic E-state index is 0.0210. The Morgan fingerprint density at radius 1 is 1.26 bits per heavy atom. The van der Waals surface area contributed by atoms with Crippen LogP contribution in [0.4, 0.5) is 0 Å². The molecule has 2 N–H and O–H groups in total. The summed E-state index contributed by atoms with van der Waals surface area (Å²) in [6, 6.07) is 0. The molecule has 0 aromatic heterocycles. The Balaban J connectivity index is 2.44. The summed E-state index contributed by atoms with van der Waals surface area (Å²) in [5, 5.41) is 18.6. The second kappa shape index (κ2) is 6.80. The van der Waals surface area contributed by atoms with Gasteiger partial charge in [-0.05, 0) is 55.8 Å². The van der Waals surface area contributed by atoms with Gasteiger partial charge in [0.2, 0.25) is 0 Å². The first-order valence-electron chi connectivity index (χ1n) is 8.90. The molecule has 0 aromatic rings. The third kappa shape index (κ3) is 3.71. The molecule has 0 aliphatic heterocycles. The lowest BCUT2D eigenvalue weighted by atomic mass is 9.49. The molecule has 3 heteroatoms. The standard InChI is InChI=1S/C20H32O3/c1-14(8-11-21)12-15-6-7-17-19(2,3)9-5-10-20(17,4)16(15)13-18(22)23/h8,17,21H,5-7,9-13H2,1-4H3,(H,22,23)/b14-8+. The van der Waals surface area contributed by atoms with E-state index in [2.05, 4.69) is 20.8 Å². The number of aliphatic hydroxyl groups is 1. The summed E-state index contributed by atoms with van der Waals surface area (Å²) in [5.41, 5.74) is 3.94. The van der Waals surface area contributed by atoms with E-state index in [4.69, 9.17) is 5.11 Å². The van der Waals surface area contributed by atoms with Gasteiger partial charge in [0.1, 0.15) is 0 Å². The Kier molecular flexibility index (Phi) is 5.40. The molecule has 2 rings (SSSR count). The average molecular weight is 320 g/mol. The quantitative estimate of drug-likeness (QED) is 0.721. The van der Waals surface area contributed by atoms with Crippen LogP contribution < -0.4 is 0 Å². The predicted molar refractivity (Wildman–Crippen MR) is 93.2 cm³/mol. The maximum Gasteiger partial charge on any atom is 0.307 e. The lowest BCUT2D eigenvalue weighted by Crippen LogP contribution is -2.46. The fourth-order valence-corrected chi connectivity index (χ4v) is 5.30. The molecule has 130 valence electrons. The molecule has 2 aliphatic rings. The van der Waals surface area contributed by atoms with Crippen LogP contribution in [0.1, 0.15) is 72.6 Å². The first-order valence-corrected chi connectivity index (χ1v) is 8.90. The third-order valence-corrected chi connectivity index (χ3v) is 6.34. The molecule has 0 heterocycles. The van der Waals surface area contributed by atoms with E-state index in [9.17, 15) is 9.90 Å². The zero-order chi connectivity index (χ0) is 17.3. The largest absolute Gasteiger partial charge is 0.481 e. The molecule has 0 bridgehead atoms. The minimum Gasteiger partial charge on any atom is -0.481 e. The monoisotopic (exact) mass is 320 g/mol. The number of carbonyl (C=O) groups is 1. The number of rotatable bonds is 5. The molecular weight excluding hydrogens is 288 g/mol. The summed E-state index contributed by atoms with van der Waals surface area (Å²) in [6.45, 7) is 9.10. The van der Waals surface area contributed by atoms with E-state index in [1.807, 2.05) is 13.0 Å². The van der Waals surface area contributed by atoms with Crippen molar-refractivity contribution in [3.05, 3.63) is 22.8 Å². The number of hydrogen-bond donors (Lipinski definition) is 2. The van der Waals surface area contributed by atoms with Crippen LogP contribution >= 0.6 is 0 Å². The Hall–Kier alpha value is -1.09. The van der Waals surface area contributed by atoms with E-state index in [0.29, 0.717) is 5.92 Å². The maximum absolute atomic E-state index is 11.5. The third-order valence-electron chi connectivity index (χ3n) is 6.34. The van der Waals surface area contributed by atoms with Gasteiger partial charge in [0.05, 0.1) is 13.0 Å². The summed E-state index contributed by atoms with van der Waals surface area (Å²) in [6.07, 6.45) is 8.52. The number of aliphatic carboxylic acids is 1. The topological polar surface area (TPSA) is 57.5 Å². The zero-order valence-electron chi connectivity index (χ0n) is 15.1. The van der Waals surface area contributed by atoms with E-state index in [0.717, 1.165) is 31.3 Å². The maximum atomic E-state index is 11.5. The number of aliphatic hydroxyl groups excluding tert-OH is 1. The highest BCUT2D eigenvalue weighted by Crippen LogP contribution is 2.60. The Bertz CT molecular complexity index is 527. The van der Waals surface area contributed by atoms with Crippen molar-refractivity contribution in [2.45, 2.75) is 72.6 Å². The average Bonchev–Trinajstić information content (AvgIpc) is 2.41. The highest BCUT2D eigenvalue weighted by molar-refractivity contribution is 5.71. The first-order chi connectivity index (χ1) is 10.7. The SMILES string of the molecule is C/C(=C\CO)CC1=C(CC(=O)O)C2(C)CCCC(C)(C)C2CC1. The molecule has 3 nitrogen and oxygen atoms in total. The number of carboxylic acids is 1. The number of allylic oxidation sites excluding steroid dienone is 2. The first kappa shape index (κ1) is 18.3. The lowest BCUT2D eigenvalue weighted by molar-refractivity contribution is -0.137. The summed E-state index contributed by atoms with van der Waals surface area (Å²) in [4.78, 5) is 11.5. The number of fused-ring (bicyclic) bond motifs is 1. The van der Waals surface area contributed by atoms with Crippen LogP contribution in [-0.4, -0.2) is 22.8 Å². The van der Waals surface area contributed by atoms with Gasteiger partial charge in [-0.2, -0.15) is 0 Å². The van der Waals surface area contributed by atoms with Crippen LogP contribution in [0.15, 0.2) is 22.8 Å². The summed E-state index contributed by atoms with van der Waals surface area (Å²) in [5.74, 6) is -0.143. The van der Waals surface area contributed by atoms with Gasteiger partial charge >= 0.3 is 5.97 Å². The van der Waals surface area contributed by atoms with Crippen LogP contribution in [-0.2, 0) is 4.79 Å². The van der Waals surface area contributed by atoms with Crippen LogP contribution in [0.2, 0.25) is 0 Å². The number of carboxylic acid groups (broad SMARTS) is 1. The predicted octanol–water partition coefficient (Wildman–Crippen LogP) is 4.71. The van der Waals surface area contributed by atoms with Crippen molar-refractivity contribution in [2.24, 2.45) is 16.7 Å². The molecule has 2 unspecified atom stereocenters. The second-order valence-electron chi connectivity index (χ2n) is 8.41. The van der Waals surface area contributed by atoms with E-state index < -0.39 is 5.97 Å². The van der Waals surface area contributed by atoms with Crippen LogP contribution in [0.25, 0.3) is 0 Å². The van der Waals surface area contributed by atoms with Crippen molar-refractivity contribution in [1.29, 1.82) is 0 Å². The highest BCUT2D eigenvalue weighted by Gasteiger charge is 2.50. The Morgan fingerprint density at radius 2 is 1.96 bits per heavy atom. The summed E-state index contributed by atoms with van der Waals surface area (Å²) < 4.78 is 0. The van der Waals surface area contributed by atoms with Gasteiger partial charge in [0.25, 0.3) is 0 Å². The van der Waals surface area contributed by atoms with Gasteiger partial charge in [0.15, 0.2) is 0 Å². The van der Waals surface area contributed by atoms with Crippen LogP contribution in [0.5, 0.6) is 0 Å². The zero-order valence-corrected chi connectivity index (χ0v) is 15.1. The van der Waals surface area contributed by atoms with E-state index in [-0.39, 0.29) is 23.9 Å². The van der Waals surface area contributed by atoms with Gasteiger partial charge in [0, 0.05) is 0 Å². The molecule has 1 fully saturated rings. The number of hydrogen-bond acceptors (Lipinski definition) is 2. The van der Waals surface area contributed by atoms with Crippen molar-refractivity contribution in [1.82, 2.24) is 0 Å². The van der Waals surface area contributed by atoms with Gasteiger partial charge in [-0.3, -0.25) is 4.79 Å². The molecule has 1 saturated carbocycles. The molecule has 23 heavy (non-hydrogen) atoms. The molecule has 2 atom stereocenters. The Labute approximate surface area is 140 Å². The van der Waals surface area contributed by atoms with Crippen molar-refractivity contribution >= 4 is 5.97 Å². The molecule has 0 saturated heterocycles. The van der Waals surface area contributed by atoms with Crippen molar-refractivity contribution in [3.63, 3.8) is 0 Å². The fraction of sp³-hybridized carbons (Fsp3) is 0.750. The normalized spacial score (nSPS) is 31.0. The molecular formula is C20H32O3. The minimum atomic E-state index is -0.716. The van der Waals surface area contributed by atoms with E-state index >= 15 is 0 Å². The lowest BCUT2D eigenvalue weighted by Gasteiger charge is -2.55. The smallest absolute Gasteiger partial charge is 0.307 e. The van der Waals surface area contributed by atoms with E-state index in [1.165, 1.54) is 24.0 Å². The van der Waals surface area contributed by atoms with Crippen LogP contribution in [0.3, 0.4) is 0 Å². The van der Waals surface area contributed by atoms with Gasteiger partial charge in [-0.1, -0.05) is 50.0 Å². The van der Waals surface area contributed by atoms with Crippen molar-refractivity contribution in [2.75, 3.05) is 6.61 Å². The van der Waals surface area contributed by atoms with Crippen molar-refractivity contribution in [3.8, 4) is 0 Å². The molecule has 2 aliphatic carbocycles. The molecule has 0 amide bonds. The second-order valence-corrected chi connectivity index (χ2v) is 8.41. The molecule has 0 spiro atoms. The van der Waals surface area contributed by atoms with Crippen LogP contribution in [0, 0.1) is 16.7 Å². The summed E-state index contributed by atoms with van der Waals surface area (Å²) >= 11 is 0. The molecule has 0 radical (unpaired) electrons. The van der Waals surface area contributed by atoms with E-state index in [1.54, 1.807) is 0 Å². The van der Waals surface area contributed by atoms with Gasteiger partial charge < -0.3 is 10.2 Å². The van der Waals surface area contributed by atoms with Gasteiger partial charge in [-0.25, -0.2) is 0 Å². The fourth-order valence-electron chi connectivity index (χ4n) is 5.30.